The number of pyridine rings is 1. The Morgan fingerprint density at radius 3 is 2.52 bits per heavy atom. The fourth-order valence-corrected chi connectivity index (χ4v) is 4.67. The highest BCUT2D eigenvalue weighted by molar-refractivity contribution is 5.82. The first-order chi connectivity index (χ1) is 16.0. The third-order valence-corrected chi connectivity index (χ3v) is 6.47. The zero-order chi connectivity index (χ0) is 23.2. The van der Waals surface area contributed by atoms with Crippen molar-refractivity contribution in [1.82, 2.24) is 14.8 Å². The minimum Gasteiger partial charge on any atom is -0.495 e. The van der Waals surface area contributed by atoms with Gasteiger partial charge in [0.05, 0.1) is 19.9 Å². The number of methoxy groups -OCH3 is 1. The summed E-state index contributed by atoms with van der Waals surface area (Å²) in [5.74, 6) is 0.799. The van der Waals surface area contributed by atoms with Crippen molar-refractivity contribution >= 4 is 5.97 Å². The van der Waals surface area contributed by atoms with E-state index >= 15 is 0 Å². The number of aliphatic carboxylic acids is 1. The topological polar surface area (TPSA) is 86.5 Å². The first-order valence-electron chi connectivity index (χ1n) is 11.5. The van der Waals surface area contributed by atoms with Gasteiger partial charge >= 0.3 is 5.97 Å². The van der Waals surface area contributed by atoms with Gasteiger partial charge in [-0.05, 0) is 50.5 Å². The smallest absolute Gasteiger partial charge is 0.329 e. The van der Waals surface area contributed by atoms with E-state index < -0.39 is 5.97 Å². The third kappa shape index (κ3) is 5.60. The summed E-state index contributed by atoms with van der Waals surface area (Å²) in [5, 5.41) is 13.8. The molecule has 1 saturated carbocycles. The van der Waals surface area contributed by atoms with Crippen molar-refractivity contribution in [2.75, 3.05) is 20.3 Å². The lowest BCUT2D eigenvalue weighted by Crippen LogP contribution is -2.23. The van der Waals surface area contributed by atoms with Crippen molar-refractivity contribution in [1.29, 1.82) is 0 Å². The highest BCUT2D eigenvalue weighted by atomic mass is 16.5. The number of hydrogen-bond acceptors (Lipinski definition) is 5. The van der Waals surface area contributed by atoms with Crippen LogP contribution in [-0.2, 0) is 16.1 Å². The van der Waals surface area contributed by atoms with Gasteiger partial charge in [-0.2, -0.15) is 5.10 Å². The molecule has 1 aromatic carbocycles. The molecular weight excluding hydrogens is 418 g/mol. The van der Waals surface area contributed by atoms with Crippen LogP contribution >= 0.6 is 0 Å². The third-order valence-electron chi connectivity index (χ3n) is 6.47. The van der Waals surface area contributed by atoms with Crippen LogP contribution in [0.2, 0.25) is 0 Å². The van der Waals surface area contributed by atoms with E-state index in [-0.39, 0.29) is 6.61 Å². The SMILES string of the molecule is COc1cncc(-c2c(-c3ccccc3)nn(CC3CCC(COCC(=O)O)CC3)c2C)c1. The molecule has 0 aliphatic heterocycles. The van der Waals surface area contributed by atoms with Crippen LogP contribution in [0, 0.1) is 18.8 Å². The van der Waals surface area contributed by atoms with Gasteiger partial charge in [-0.3, -0.25) is 9.67 Å². The fourth-order valence-electron chi connectivity index (χ4n) is 4.67. The van der Waals surface area contributed by atoms with Crippen LogP contribution < -0.4 is 4.74 Å². The number of carbonyl (C=O) groups is 1. The molecule has 1 fully saturated rings. The molecular formula is C26H31N3O4. The highest BCUT2D eigenvalue weighted by Gasteiger charge is 2.25. The second-order valence-electron chi connectivity index (χ2n) is 8.77. The van der Waals surface area contributed by atoms with Crippen molar-refractivity contribution < 1.29 is 19.4 Å². The van der Waals surface area contributed by atoms with Crippen LogP contribution in [0.25, 0.3) is 22.4 Å². The Kier molecular flexibility index (Phi) is 7.40. The molecule has 4 rings (SSSR count). The van der Waals surface area contributed by atoms with Gasteiger partial charge in [0, 0.05) is 35.1 Å². The standard InChI is InChI=1S/C26H31N3O4/c1-18-25(22-12-23(32-2)14-27-13-22)26(21-6-4-3-5-7-21)28-29(18)15-19-8-10-20(11-9-19)16-33-17-24(30)31/h3-7,12-14,19-20H,8-11,15-17H2,1-2H3,(H,30,31). The largest absolute Gasteiger partial charge is 0.495 e. The average molecular weight is 450 g/mol. The van der Waals surface area contributed by atoms with Crippen molar-refractivity contribution in [2.24, 2.45) is 11.8 Å². The molecule has 0 amide bonds. The molecule has 3 aromatic rings. The number of aromatic nitrogens is 3. The van der Waals surface area contributed by atoms with Crippen molar-refractivity contribution in [2.45, 2.75) is 39.2 Å². The molecule has 7 nitrogen and oxygen atoms in total. The van der Waals surface area contributed by atoms with Gasteiger partial charge in [0.1, 0.15) is 18.1 Å². The first kappa shape index (κ1) is 23.0. The molecule has 1 aliphatic carbocycles. The molecule has 0 bridgehead atoms. The molecule has 2 aromatic heterocycles. The van der Waals surface area contributed by atoms with Crippen LogP contribution in [0.15, 0.2) is 48.8 Å². The van der Waals surface area contributed by atoms with Crippen LogP contribution in [-0.4, -0.2) is 46.2 Å². The highest BCUT2D eigenvalue weighted by Crippen LogP contribution is 2.37. The average Bonchev–Trinajstić information content (AvgIpc) is 3.16. The maximum atomic E-state index is 10.7. The number of benzene rings is 1. The fraction of sp³-hybridized carbons (Fsp3) is 0.423. The number of hydrogen-bond donors (Lipinski definition) is 1. The summed E-state index contributed by atoms with van der Waals surface area (Å²) < 4.78 is 12.9. The zero-order valence-electron chi connectivity index (χ0n) is 19.2. The van der Waals surface area contributed by atoms with Gasteiger partial charge in [0.15, 0.2) is 0 Å². The molecule has 0 unspecified atom stereocenters. The van der Waals surface area contributed by atoms with Crippen molar-refractivity contribution in [3.05, 3.63) is 54.5 Å². The monoisotopic (exact) mass is 449 g/mol. The maximum absolute atomic E-state index is 10.7. The molecule has 0 atom stereocenters. The molecule has 1 aliphatic rings. The van der Waals surface area contributed by atoms with E-state index in [1.165, 1.54) is 0 Å². The van der Waals surface area contributed by atoms with Gasteiger partial charge in [0.2, 0.25) is 0 Å². The summed E-state index contributed by atoms with van der Waals surface area (Å²) in [4.78, 5) is 15.0. The predicted molar refractivity (Wildman–Crippen MR) is 126 cm³/mol. The molecule has 0 spiro atoms. The molecule has 7 heteroatoms. The molecule has 174 valence electrons. The summed E-state index contributed by atoms with van der Waals surface area (Å²) in [6.07, 6.45) is 7.88. The van der Waals surface area contributed by atoms with Crippen molar-refractivity contribution in [3.63, 3.8) is 0 Å². The van der Waals surface area contributed by atoms with Crippen molar-refractivity contribution in [3.8, 4) is 28.1 Å². The molecule has 33 heavy (non-hydrogen) atoms. The van der Waals surface area contributed by atoms with Gasteiger partial charge < -0.3 is 14.6 Å². The van der Waals surface area contributed by atoms with E-state index in [9.17, 15) is 4.79 Å². The molecule has 1 N–H and O–H groups in total. The Balaban J connectivity index is 1.54. The maximum Gasteiger partial charge on any atom is 0.329 e. The van der Waals surface area contributed by atoms with Crippen LogP contribution in [0.3, 0.4) is 0 Å². The second-order valence-corrected chi connectivity index (χ2v) is 8.77. The number of rotatable bonds is 9. The minimum atomic E-state index is -0.908. The molecule has 0 saturated heterocycles. The van der Waals surface area contributed by atoms with E-state index in [2.05, 4.69) is 28.7 Å². The molecule has 2 heterocycles. The summed E-state index contributed by atoms with van der Waals surface area (Å²) in [5.41, 5.74) is 5.24. The summed E-state index contributed by atoms with van der Waals surface area (Å²) in [6.45, 7) is 3.31. The predicted octanol–water partition coefficient (Wildman–Crippen LogP) is 4.84. The van der Waals surface area contributed by atoms with Gasteiger partial charge in [0.25, 0.3) is 0 Å². The normalized spacial score (nSPS) is 18.2. The summed E-state index contributed by atoms with van der Waals surface area (Å²) in [6, 6.07) is 12.3. The van der Waals surface area contributed by atoms with E-state index in [0.29, 0.717) is 18.4 Å². The summed E-state index contributed by atoms with van der Waals surface area (Å²) >= 11 is 0. The Bertz CT molecular complexity index is 1070. The number of carboxylic acids is 1. The lowest BCUT2D eigenvalue weighted by Gasteiger charge is -2.28. The zero-order valence-corrected chi connectivity index (χ0v) is 19.2. The Morgan fingerprint density at radius 2 is 1.82 bits per heavy atom. The van der Waals surface area contributed by atoms with Crippen LogP contribution in [0.5, 0.6) is 5.75 Å². The molecule has 0 radical (unpaired) electrons. The Morgan fingerprint density at radius 1 is 1.09 bits per heavy atom. The number of ether oxygens (including phenoxy) is 2. The van der Waals surface area contributed by atoms with Gasteiger partial charge in [-0.15, -0.1) is 0 Å². The summed E-state index contributed by atoms with van der Waals surface area (Å²) in [7, 11) is 1.65. The van der Waals surface area contributed by atoms with E-state index in [0.717, 1.165) is 66.1 Å². The first-order valence-corrected chi connectivity index (χ1v) is 11.5. The Hall–Kier alpha value is -3.19. The quantitative estimate of drug-likeness (QED) is 0.503. The van der Waals surface area contributed by atoms with Crippen LogP contribution in [0.1, 0.15) is 31.4 Å². The van der Waals surface area contributed by atoms with Crippen LogP contribution in [0.4, 0.5) is 0 Å². The lowest BCUT2D eigenvalue weighted by atomic mass is 9.82. The Labute approximate surface area is 194 Å². The number of carboxylic acid groups (broad SMARTS) is 1. The number of nitrogens with zero attached hydrogens (tertiary/aromatic N) is 3. The van der Waals surface area contributed by atoms with Gasteiger partial charge in [-0.1, -0.05) is 30.3 Å². The second kappa shape index (κ2) is 10.6. The van der Waals surface area contributed by atoms with E-state index in [1.54, 1.807) is 13.3 Å². The minimum absolute atomic E-state index is 0.212. The van der Waals surface area contributed by atoms with E-state index in [4.69, 9.17) is 19.7 Å². The van der Waals surface area contributed by atoms with E-state index in [1.807, 2.05) is 30.5 Å². The lowest BCUT2D eigenvalue weighted by molar-refractivity contribution is -0.142. The van der Waals surface area contributed by atoms with Gasteiger partial charge in [-0.25, -0.2) is 4.79 Å².